The van der Waals surface area contributed by atoms with Crippen molar-refractivity contribution in [3.8, 4) is 11.5 Å². The third-order valence-electron chi connectivity index (χ3n) is 6.57. The Balaban J connectivity index is 0.00000380. The van der Waals surface area contributed by atoms with E-state index in [1.165, 1.54) is 56.4 Å². The fourth-order valence-electron chi connectivity index (χ4n) is 4.84. The third kappa shape index (κ3) is 7.15. The quantitative estimate of drug-likeness (QED) is 0.0953. The van der Waals surface area contributed by atoms with Crippen LogP contribution in [0.5, 0.6) is 11.5 Å². The first kappa shape index (κ1) is 33.5. The maximum absolute atomic E-state index is 12.1. The molecule has 0 bridgehead atoms. The van der Waals surface area contributed by atoms with E-state index in [0.717, 1.165) is 25.3 Å². The van der Waals surface area contributed by atoms with Crippen molar-refractivity contribution in [3.05, 3.63) is 36.4 Å². The number of hydrogen-bond acceptors (Lipinski definition) is 6. The van der Waals surface area contributed by atoms with Crippen molar-refractivity contribution in [3.63, 3.8) is 0 Å². The number of ether oxygens (including phenoxy) is 1. The molecule has 198 valence electrons. The topological polar surface area (TPSA) is 138 Å². The summed E-state index contributed by atoms with van der Waals surface area (Å²) in [5, 5.41) is 12.3. The molecule has 0 heterocycles. The van der Waals surface area contributed by atoms with Crippen LogP contribution in [-0.4, -0.2) is 37.7 Å². The molecule has 0 aromatic heterocycles. The van der Waals surface area contributed by atoms with E-state index < -0.39 is 30.0 Å². The average molecular weight is 583 g/mol. The molecule has 0 atom stereocenters. The minimum absolute atomic E-state index is 0. The minimum atomic E-state index is -4.83. The van der Waals surface area contributed by atoms with Crippen LogP contribution < -0.4 is 63.9 Å². The maximum atomic E-state index is 12.1. The third-order valence-corrected chi connectivity index (χ3v) is 8.36. The van der Waals surface area contributed by atoms with Crippen molar-refractivity contribution in [2.24, 2.45) is 0 Å². The van der Waals surface area contributed by atoms with Gasteiger partial charge in [0.15, 0.2) is 0 Å². The van der Waals surface area contributed by atoms with E-state index in [2.05, 4.69) is 6.92 Å². The van der Waals surface area contributed by atoms with E-state index in [-0.39, 0.29) is 83.9 Å². The Morgan fingerprint density at radius 1 is 0.684 bits per heavy atom. The van der Waals surface area contributed by atoms with Crippen LogP contribution in [0.3, 0.4) is 0 Å². The molecule has 38 heavy (non-hydrogen) atoms. The Hall–Kier alpha value is -0.660. The van der Waals surface area contributed by atoms with Crippen molar-refractivity contribution in [2.45, 2.75) is 68.1 Å². The Kier molecular flexibility index (Phi) is 12.2. The van der Waals surface area contributed by atoms with Gasteiger partial charge in [0.25, 0.3) is 20.2 Å². The summed E-state index contributed by atoms with van der Waals surface area (Å²) in [7, 11) is -9.66. The molecule has 4 rings (SSSR count). The zero-order valence-corrected chi connectivity index (χ0v) is 27.7. The summed E-state index contributed by atoms with van der Waals surface area (Å²) in [5.41, 5.74) is 0. The Morgan fingerprint density at radius 2 is 1.13 bits per heavy atom. The van der Waals surface area contributed by atoms with Crippen LogP contribution in [-0.2, 0) is 20.2 Å². The van der Waals surface area contributed by atoms with Crippen molar-refractivity contribution < 1.29 is 97.8 Å². The summed E-state index contributed by atoms with van der Waals surface area (Å²) < 4.78 is 74.0. The number of aromatic hydroxyl groups is 1. The number of phenols is 1. The predicted octanol–water partition coefficient (Wildman–Crippen LogP) is 0.536. The molecule has 0 aliphatic rings. The van der Waals surface area contributed by atoms with Crippen LogP contribution in [0, 0.1) is 0 Å². The smallest absolute Gasteiger partial charge is 1.00 e. The standard InChI is InChI=1S/C26H30O8S2.2Na.2H/c1-2-3-4-5-6-7-8-9-14-34-22-15-21(27)17-10-12-19-23(35(28,29)30)16-24(36(31,32)33)20-13-11-18(22)25(17)26(19)20;;;;/h10-13,15-16,27H,2-9,14H2,1H3,(H,28,29,30)(H,31,32,33);;;;/q;2*+1;2*-1. The van der Waals surface area contributed by atoms with Gasteiger partial charge < -0.3 is 12.7 Å². The van der Waals surface area contributed by atoms with Crippen LogP contribution >= 0.6 is 0 Å². The second-order valence-electron chi connectivity index (χ2n) is 9.11. The molecular formula is C26H32Na2O8S2. The summed E-state index contributed by atoms with van der Waals surface area (Å²) in [6.07, 6.45) is 9.12. The monoisotopic (exact) mass is 582 g/mol. The van der Waals surface area contributed by atoms with Gasteiger partial charge in [-0.2, -0.15) is 16.8 Å². The van der Waals surface area contributed by atoms with Gasteiger partial charge in [-0.05, 0) is 24.6 Å². The maximum Gasteiger partial charge on any atom is 1.00 e. The summed E-state index contributed by atoms with van der Waals surface area (Å²) >= 11 is 0. The van der Waals surface area contributed by atoms with Gasteiger partial charge in [-0.25, -0.2) is 0 Å². The number of rotatable bonds is 12. The van der Waals surface area contributed by atoms with E-state index >= 15 is 0 Å². The average Bonchev–Trinajstić information content (AvgIpc) is 2.81. The fraction of sp³-hybridized carbons (Fsp3) is 0.385. The largest absolute Gasteiger partial charge is 1.00 e. The van der Waals surface area contributed by atoms with Gasteiger partial charge in [0.1, 0.15) is 21.3 Å². The molecule has 0 saturated heterocycles. The first-order chi connectivity index (χ1) is 17.0. The van der Waals surface area contributed by atoms with E-state index in [1.807, 2.05) is 0 Å². The predicted molar refractivity (Wildman–Crippen MR) is 142 cm³/mol. The van der Waals surface area contributed by atoms with Gasteiger partial charge in [-0.3, -0.25) is 9.11 Å². The van der Waals surface area contributed by atoms with Crippen molar-refractivity contribution in [1.82, 2.24) is 0 Å². The molecule has 12 heteroatoms. The fourth-order valence-corrected chi connectivity index (χ4v) is 6.35. The molecule has 0 spiro atoms. The zero-order chi connectivity index (χ0) is 26.1. The number of benzene rings is 4. The number of unbranched alkanes of at least 4 members (excludes halogenated alkanes) is 7. The van der Waals surface area contributed by atoms with Gasteiger partial charge in [0.05, 0.1) is 6.61 Å². The Morgan fingerprint density at radius 3 is 1.66 bits per heavy atom. The van der Waals surface area contributed by atoms with Crippen molar-refractivity contribution in [2.75, 3.05) is 6.61 Å². The summed E-state index contributed by atoms with van der Waals surface area (Å²) in [6, 6.07) is 8.20. The van der Waals surface area contributed by atoms with Crippen LogP contribution in [0.2, 0.25) is 0 Å². The molecule has 4 aromatic carbocycles. The molecule has 8 nitrogen and oxygen atoms in total. The molecule has 0 aliphatic heterocycles. The SMILES string of the molecule is CCCCCCCCCCOc1cc(O)c2ccc3c(S(=O)(=O)O)cc(S(=O)(=O)O)c4ccc1c2c34.[H-].[H-].[Na+].[Na+]. The van der Waals surface area contributed by atoms with Crippen LogP contribution in [0.15, 0.2) is 46.2 Å². The zero-order valence-electron chi connectivity index (χ0n) is 24.0. The molecule has 3 N–H and O–H groups in total. The van der Waals surface area contributed by atoms with E-state index in [0.29, 0.717) is 28.5 Å². The van der Waals surface area contributed by atoms with E-state index in [1.54, 1.807) is 6.07 Å². The van der Waals surface area contributed by atoms with Crippen molar-refractivity contribution >= 4 is 52.6 Å². The Bertz CT molecular complexity index is 1580. The molecule has 4 aromatic rings. The molecular weight excluding hydrogens is 550 g/mol. The molecule has 0 amide bonds. The number of phenolic OH excluding ortho intramolecular Hbond substituents is 1. The van der Waals surface area contributed by atoms with Gasteiger partial charge in [-0.1, -0.05) is 64.0 Å². The van der Waals surface area contributed by atoms with Gasteiger partial charge in [0, 0.05) is 38.4 Å². The molecule has 0 saturated carbocycles. The van der Waals surface area contributed by atoms with Crippen LogP contribution in [0.4, 0.5) is 0 Å². The normalized spacial score (nSPS) is 12.1. The Labute approximate surface area is 270 Å². The molecule has 0 fully saturated rings. The van der Waals surface area contributed by atoms with Gasteiger partial charge in [-0.15, -0.1) is 0 Å². The summed E-state index contributed by atoms with van der Waals surface area (Å²) in [4.78, 5) is -1.30. The van der Waals surface area contributed by atoms with Crippen LogP contribution in [0.25, 0.3) is 32.3 Å². The first-order valence-electron chi connectivity index (χ1n) is 12.1. The van der Waals surface area contributed by atoms with E-state index in [4.69, 9.17) is 4.74 Å². The molecule has 0 radical (unpaired) electrons. The van der Waals surface area contributed by atoms with Gasteiger partial charge in [0.2, 0.25) is 0 Å². The van der Waals surface area contributed by atoms with Gasteiger partial charge >= 0.3 is 59.1 Å². The second kappa shape index (κ2) is 13.8. The minimum Gasteiger partial charge on any atom is -1.00 e. The first-order valence-corrected chi connectivity index (χ1v) is 15.0. The van der Waals surface area contributed by atoms with Crippen LogP contribution in [0.1, 0.15) is 61.1 Å². The summed E-state index contributed by atoms with van der Waals surface area (Å²) in [5.74, 6) is 0.261. The molecule has 0 unspecified atom stereocenters. The van der Waals surface area contributed by atoms with Crippen molar-refractivity contribution in [1.29, 1.82) is 0 Å². The number of hydrogen-bond donors (Lipinski definition) is 3. The summed E-state index contributed by atoms with van der Waals surface area (Å²) in [6.45, 7) is 2.61. The molecule has 0 aliphatic carbocycles. The second-order valence-corrected chi connectivity index (χ2v) is 11.9. The van der Waals surface area contributed by atoms with E-state index in [9.17, 15) is 31.0 Å².